The van der Waals surface area contributed by atoms with Crippen LogP contribution in [-0.4, -0.2) is 22.8 Å². The Bertz CT molecular complexity index is 489. The molecule has 0 saturated heterocycles. The van der Waals surface area contributed by atoms with Gasteiger partial charge in [-0.25, -0.2) is 0 Å². The van der Waals surface area contributed by atoms with E-state index in [1.165, 1.54) is 12.8 Å². The van der Waals surface area contributed by atoms with Crippen molar-refractivity contribution >= 4 is 22.8 Å². The standard InChI is InChI=1S/C17H23NO2S/c1-12-7-6-10-15(13(12)2)18-16(19)11-21-17(20)14-8-4-3-5-9-14/h3-5,8-9,12-13,15H,6-7,10-11H2,1-2H3,(H,18,19)/t12-,13-,15-/m1/s1. The van der Waals surface area contributed by atoms with Crippen molar-refractivity contribution in [2.24, 2.45) is 11.8 Å². The third kappa shape index (κ3) is 4.60. The van der Waals surface area contributed by atoms with E-state index in [-0.39, 0.29) is 22.8 Å². The van der Waals surface area contributed by atoms with E-state index in [9.17, 15) is 9.59 Å². The molecule has 1 aromatic carbocycles. The van der Waals surface area contributed by atoms with Gasteiger partial charge in [-0.3, -0.25) is 9.59 Å². The molecular formula is C17H23NO2S. The molecule has 0 radical (unpaired) electrons. The van der Waals surface area contributed by atoms with Crippen LogP contribution in [0.25, 0.3) is 0 Å². The molecule has 114 valence electrons. The van der Waals surface area contributed by atoms with E-state index >= 15 is 0 Å². The zero-order chi connectivity index (χ0) is 15.2. The molecule has 2 rings (SSSR count). The summed E-state index contributed by atoms with van der Waals surface area (Å²) in [5.74, 6) is 1.33. The fraction of sp³-hybridized carbons (Fsp3) is 0.529. The molecule has 3 nitrogen and oxygen atoms in total. The van der Waals surface area contributed by atoms with Gasteiger partial charge in [0, 0.05) is 11.6 Å². The summed E-state index contributed by atoms with van der Waals surface area (Å²) in [6.07, 6.45) is 3.47. The molecule has 21 heavy (non-hydrogen) atoms. The van der Waals surface area contributed by atoms with E-state index in [1.54, 1.807) is 12.1 Å². The van der Waals surface area contributed by atoms with E-state index in [1.807, 2.05) is 18.2 Å². The van der Waals surface area contributed by atoms with Crippen molar-refractivity contribution < 1.29 is 9.59 Å². The monoisotopic (exact) mass is 305 g/mol. The van der Waals surface area contributed by atoms with E-state index in [0.717, 1.165) is 18.2 Å². The minimum absolute atomic E-state index is 0.0322. The molecule has 0 bridgehead atoms. The Morgan fingerprint density at radius 3 is 2.62 bits per heavy atom. The topological polar surface area (TPSA) is 46.2 Å². The van der Waals surface area contributed by atoms with Gasteiger partial charge in [0.05, 0.1) is 5.75 Å². The van der Waals surface area contributed by atoms with Gasteiger partial charge < -0.3 is 5.32 Å². The number of carbonyl (C=O) groups is 2. The van der Waals surface area contributed by atoms with Crippen molar-refractivity contribution in [3.63, 3.8) is 0 Å². The van der Waals surface area contributed by atoms with E-state index < -0.39 is 0 Å². The molecule has 1 aromatic rings. The molecule has 1 N–H and O–H groups in total. The summed E-state index contributed by atoms with van der Waals surface area (Å²) in [5.41, 5.74) is 0.648. The van der Waals surface area contributed by atoms with Gasteiger partial charge >= 0.3 is 0 Å². The van der Waals surface area contributed by atoms with Crippen LogP contribution in [0.1, 0.15) is 43.5 Å². The molecule has 0 aliphatic heterocycles. The van der Waals surface area contributed by atoms with Crippen molar-refractivity contribution in [1.29, 1.82) is 0 Å². The smallest absolute Gasteiger partial charge is 0.230 e. The maximum absolute atomic E-state index is 12.0. The van der Waals surface area contributed by atoms with Gasteiger partial charge in [-0.15, -0.1) is 0 Å². The van der Waals surface area contributed by atoms with Gasteiger partial charge in [-0.2, -0.15) is 0 Å². The average Bonchev–Trinajstić information content (AvgIpc) is 2.50. The van der Waals surface area contributed by atoms with Crippen LogP contribution in [0.5, 0.6) is 0 Å². The number of nitrogens with one attached hydrogen (secondary N) is 1. The highest BCUT2D eigenvalue weighted by Gasteiger charge is 2.28. The van der Waals surface area contributed by atoms with Crippen LogP contribution in [0, 0.1) is 11.8 Å². The minimum Gasteiger partial charge on any atom is -0.352 e. The maximum atomic E-state index is 12.0. The molecule has 0 heterocycles. The van der Waals surface area contributed by atoms with Gasteiger partial charge in [0.2, 0.25) is 11.0 Å². The molecule has 0 unspecified atom stereocenters. The van der Waals surface area contributed by atoms with Crippen molar-refractivity contribution in [2.75, 3.05) is 5.75 Å². The highest BCUT2D eigenvalue weighted by Crippen LogP contribution is 2.29. The van der Waals surface area contributed by atoms with E-state index in [2.05, 4.69) is 19.2 Å². The summed E-state index contributed by atoms with van der Waals surface area (Å²) in [6, 6.07) is 9.35. The normalized spacial score (nSPS) is 25.3. The predicted molar refractivity (Wildman–Crippen MR) is 87.3 cm³/mol. The van der Waals surface area contributed by atoms with Gasteiger partial charge in [0.15, 0.2) is 0 Å². The lowest BCUT2D eigenvalue weighted by Gasteiger charge is -2.34. The summed E-state index contributed by atoms with van der Waals surface area (Å²) in [4.78, 5) is 24.0. The fourth-order valence-corrected chi connectivity index (χ4v) is 3.47. The van der Waals surface area contributed by atoms with Gasteiger partial charge in [-0.05, 0) is 18.3 Å². The van der Waals surface area contributed by atoms with Gasteiger partial charge in [0.25, 0.3) is 0 Å². The molecule has 1 aliphatic rings. The lowest BCUT2D eigenvalue weighted by atomic mass is 9.78. The maximum Gasteiger partial charge on any atom is 0.230 e. The number of hydrogen-bond acceptors (Lipinski definition) is 3. The SMILES string of the molecule is C[C@@H]1[C@H](C)CCC[C@H]1NC(=O)CSC(=O)c1ccccc1. The first-order valence-electron chi connectivity index (χ1n) is 7.59. The Morgan fingerprint density at radius 1 is 1.19 bits per heavy atom. The Morgan fingerprint density at radius 2 is 1.90 bits per heavy atom. The summed E-state index contributed by atoms with van der Waals surface area (Å²) in [6.45, 7) is 4.45. The highest BCUT2D eigenvalue weighted by atomic mass is 32.2. The Kier molecular flexibility index (Phi) is 5.85. The van der Waals surface area contributed by atoms with Crippen molar-refractivity contribution in [1.82, 2.24) is 5.32 Å². The molecule has 0 spiro atoms. The molecule has 1 fully saturated rings. The quantitative estimate of drug-likeness (QED) is 0.926. The lowest BCUT2D eigenvalue weighted by molar-refractivity contribution is -0.120. The highest BCUT2D eigenvalue weighted by molar-refractivity contribution is 8.14. The summed E-state index contributed by atoms with van der Waals surface area (Å²) in [5, 5.41) is 3.05. The van der Waals surface area contributed by atoms with E-state index in [4.69, 9.17) is 0 Å². The number of amides is 1. The molecule has 4 heteroatoms. The Balaban J connectivity index is 1.78. The van der Waals surface area contributed by atoms with Crippen LogP contribution in [0.2, 0.25) is 0 Å². The molecule has 1 saturated carbocycles. The van der Waals surface area contributed by atoms with Crippen LogP contribution >= 0.6 is 11.8 Å². The lowest BCUT2D eigenvalue weighted by Crippen LogP contribution is -2.44. The van der Waals surface area contributed by atoms with Crippen molar-refractivity contribution in [3.8, 4) is 0 Å². The van der Waals surface area contributed by atoms with Crippen LogP contribution in [-0.2, 0) is 4.79 Å². The summed E-state index contributed by atoms with van der Waals surface area (Å²) in [7, 11) is 0. The molecular weight excluding hydrogens is 282 g/mol. The van der Waals surface area contributed by atoms with Crippen LogP contribution < -0.4 is 5.32 Å². The van der Waals surface area contributed by atoms with Crippen molar-refractivity contribution in [2.45, 2.75) is 39.2 Å². The molecule has 1 aliphatic carbocycles. The van der Waals surface area contributed by atoms with Gasteiger partial charge in [0.1, 0.15) is 0 Å². The number of benzene rings is 1. The first kappa shape index (κ1) is 16.1. The fourth-order valence-electron chi connectivity index (χ4n) is 2.82. The van der Waals surface area contributed by atoms with Crippen LogP contribution in [0.15, 0.2) is 30.3 Å². The molecule has 3 atom stereocenters. The largest absolute Gasteiger partial charge is 0.352 e. The van der Waals surface area contributed by atoms with Crippen LogP contribution in [0.3, 0.4) is 0 Å². The number of rotatable bonds is 4. The predicted octanol–water partition coefficient (Wildman–Crippen LogP) is 3.50. The second-order valence-corrected chi connectivity index (χ2v) is 6.83. The first-order valence-corrected chi connectivity index (χ1v) is 8.58. The second kappa shape index (κ2) is 7.64. The number of carbonyl (C=O) groups excluding carboxylic acids is 2. The van der Waals surface area contributed by atoms with E-state index in [0.29, 0.717) is 17.4 Å². The van der Waals surface area contributed by atoms with Crippen LogP contribution in [0.4, 0.5) is 0 Å². The zero-order valence-electron chi connectivity index (χ0n) is 12.7. The number of thioether (sulfide) groups is 1. The Labute approximate surface area is 130 Å². The summed E-state index contributed by atoms with van der Waals surface area (Å²) < 4.78 is 0. The first-order chi connectivity index (χ1) is 10.1. The third-order valence-electron chi connectivity index (χ3n) is 4.40. The minimum atomic E-state index is -0.0455. The second-order valence-electron chi connectivity index (χ2n) is 5.88. The van der Waals surface area contributed by atoms with Crippen molar-refractivity contribution in [3.05, 3.63) is 35.9 Å². The Hall–Kier alpha value is -1.29. The number of hydrogen-bond donors (Lipinski definition) is 1. The summed E-state index contributed by atoms with van der Waals surface area (Å²) >= 11 is 1.08. The average molecular weight is 305 g/mol. The zero-order valence-corrected chi connectivity index (χ0v) is 13.5. The van der Waals surface area contributed by atoms with Gasteiger partial charge in [-0.1, -0.05) is 68.8 Å². The molecule has 1 amide bonds. The molecule has 0 aromatic heterocycles. The third-order valence-corrected chi connectivity index (χ3v) is 5.30.